The third-order valence-corrected chi connectivity index (χ3v) is 7.23. The number of allylic oxidation sites excluding steroid dienone is 1. The van der Waals surface area contributed by atoms with Crippen molar-refractivity contribution in [1.82, 2.24) is 10.6 Å². The number of Topliss-reactive ketones (excluding diaryl/α,β-unsaturated/α-hetero) is 1. The Labute approximate surface area is 225 Å². The van der Waals surface area contributed by atoms with Crippen molar-refractivity contribution >= 4 is 11.7 Å². The Balaban J connectivity index is 1.55. The fourth-order valence-electron chi connectivity index (χ4n) is 5.15. The molecule has 1 amide bonds. The Morgan fingerprint density at radius 2 is 1.66 bits per heavy atom. The first-order valence-corrected chi connectivity index (χ1v) is 13.0. The van der Waals surface area contributed by atoms with Crippen LogP contribution in [0.2, 0.25) is 0 Å². The molecule has 0 spiro atoms. The molecule has 0 saturated heterocycles. The highest BCUT2D eigenvalue weighted by molar-refractivity contribution is 5.98. The molecule has 38 heavy (non-hydrogen) atoms. The predicted molar refractivity (Wildman–Crippen MR) is 149 cm³/mol. The number of benzene rings is 3. The average Bonchev–Trinajstić information content (AvgIpc) is 2.97. The molecule has 4 rings (SSSR count). The third-order valence-electron chi connectivity index (χ3n) is 7.23. The van der Waals surface area contributed by atoms with Crippen molar-refractivity contribution in [3.63, 3.8) is 0 Å². The zero-order valence-electron chi connectivity index (χ0n) is 22.1. The van der Waals surface area contributed by atoms with Gasteiger partial charge < -0.3 is 20.1 Å². The summed E-state index contributed by atoms with van der Waals surface area (Å²) in [6.07, 6.45) is 4.25. The van der Waals surface area contributed by atoms with E-state index in [9.17, 15) is 9.59 Å². The van der Waals surface area contributed by atoms with E-state index < -0.39 is 5.41 Å². The summed E-state index contributed by atoms with van der Waals surface area (Å²) < 4.78 is 10.8. The van der Waals surface area contributed by atoms with Crippen LogP contribution >= 0.6 is 0 Å². The second kappa shape index (κ2) is 13.1. The lowest BCUT2D eigenvalue weighted by atomic mass is 9.67. The molecule has 1 fully saturated rings. The first kappa shape index (κ1) is 27.1. The molecule has 0 radical (unpaired) electrons. The summed E-state index contributed by atoms with van der Waals surface area (Å²) in [6.45, 7) is 0.926. The molecule has 198 valence electrons. The minimum absolute atomic E-state index is 0.0287. The van der Waals surface area contributed by atoms with E-state index in [2.05, 4.69) is 34.9 Å². The van der Waals surface area contributed by atoms with E-state index in [0.29, 0.717) is 43.7 Å². The van der Waals surface area contributed by atoms with Gasteiger partial charge in [0.05, 0.1) is 25.3 Å². The summed E-state index contributed by atoms with van der Waals surface area (Å²) in [4.78, 5) is 26.2. The average molecular weight is 513 g/mol. The highest BCUT2D eigenvalue weighted by Gasteiger charge is 2.39. The van der Waals surface area contributed by atoms with Crippen LogP contribution in [-0.2, 0) is 21.4 Å². The van der Waals surface area contributed by atoms with Crippen LogP contribution in [0.4, 0.5) is 0 Å². The number of nitrogens with one attached hydrogen (secondary N) is 2. The summed E-state index contributed by atoms with van der Waals surface area (Å²) in [5.74, 6) is 0.474. The molecule has 6 heteroatoms. The standard InChI is InChI=1S/C32H36N2O4/c1-37-22-27(19-24-11-5-3-6-12-24)33-21-25-20-32(18-17-29(25)35,26-13-7-4-8-14-26)23-34-31(36)28-15-9-10-16-30(28)38-2/h3-16,21,27,33H,17-20,22-23H2,1-2H3,(H,34,36)/t27-,32?/m0/s1. The van der Waals surface area contributed by atoms with Gasteiger partial charge in [-0.2, -0.15) is 0 Å². The molecule has 0 bridgehead atoms. The minimum Gasteiger partial charge on any atom is -0.496 e. The highest BCUT2D eigenvalue weighted by Crippen LogP contribution is 2.40. The maximum Gasteiger partial charge on any atom is 0.255 e. The van der Waals surface area contributed by atoms with Crippen molar-refractivity contribution in [2.45, 2.75) is 37.1 Å². The number of carbonyl (C=O) groups is 2. The van der Waals surface area contributed by atoms with Gasteiger partial charge in [-0.25, -0.2) is 0 Å². The summed E-state index contributed by atoms with van der Waals surface area (Å²) in [6, 6.07) is 27.6. The summed E-state index contributed by atoms with van der Waals surface area (Å²) in [7, 11) is 3.24. The predicted octanol–water partition coefficient (Wildman–Crippen LogP) is 4.85. The number of hydrogen-bond acceptors (Lipinski definition) is 5. The largest absolute Gasteiger partial charge is 0.496 e. The molecule has 3 aromatic rings. The smallest absolute Gasteiger partial charge is 0.255 e. The van der Waals surface area contributed by atoms with Gasteiger partial charge in [0.15, 0.2) is 5.78 Å². The molecular formula is C32H36N2O4. The van der Waals surface area contributed by atoms with Crippen LogP contribution in [0.1, 0.15) is 40.7 Å². The van der Waals surface area contributed by atoms with Crippen molar-refractivity contribution in [3.05, 3.63) is 113 Å². The summed E-state index contributed by atoms with van der Waals surface area (Å²) in [5.41, 5.74) is 3.13. The molecule has 1 aliphatic carbocycles. The zero-order chi connectivity index (χ0) is 26.8. The maximum atomic E-state index is 13.1. The van der Waals surface area contributed by atoms with Crippen molar-refractivity contribution in [2.24, 2.45) is 0 Å². The summed E-state index contributed by atoms with van der Waals surface area (Å²) >= 11 is 0. The van der Waals surface area contributed by atoms with E-state index in [0.717, 1.165) is 17.6 Å². The molecular weight excluding hydrogens is 476 g/mol. The number of ketones is 1. The number of methoxy groups -OCH3 is 2. The van der Waals surface area contributed by atoms with Gasteiger partial charge in [-0.15, -0.1) is 0 Å². The van der Waals surface area contributed by atoms with E-state index in [1.807, 2.05) is 54.7 Å². The van der Waals surface area contributed by atoms with Crippen molar-refractivity contribution < 1.29 is 19.1 Å². The van der Waals surface area contributed by atoms with Crippen LogP contribution in [0, 0.1) is 0 Å². The van der Waals surface area contributed by atoms with Gasteiger partial charge in [-0.05, 0) is 42.5 Å². The zero-order valence-corrected chi connectivity index (χ0v) is 22.1. The minimum atomic E-state index is -0.406. The van der Waals surface area contributed by atoms with Gasteiger partial charge in [0.25, 0.3) is 5.91 Å². The molecule has 1 unspecified atom stereocenters. The SMILES string of the molecule is COC[C@H](Cc1ccccc1)NC=C1CC(CNC(=O)c2ccccc2OC)(c2ccccc2)CCC1=O. The maximum absolute atomic E-state index is 13.1. The number of hydrogen-bond donors (Lipinski definition) is 2. The molecule has 1 aliphatic rings. The van der Waals surface area contributed by atoms with Crippen LogP contribution in [0.3, 0.4) is 0 Å². The number of ether oxygens (including phenoxy) is 2. The van der Waals surface area contributed by atoms with Gasteiger partial charge in [-0.1, -0.05) is 72.8 Å². The van der Waals surface area contributed by atoms with E-state index in [-0.39, 0.29) is 17.7 Å². The van der Waals surface area contributed by atoms with Crippen molar-refractivity contribution in [1.29, 1.82) is 0 Å². The van der Waals surface area contributed by atoms with E-state index in [1.54, 1.807) is 26.4 Å². The monoisotopic (exact) mass is 512 g/mol. The molecule has 0 heterocycles. The van der Waals surface area contributed by atoms with E-state index in [1.165, 1.54) is 5.56 Å². The second-order valence-corrected chi connectivity index (χ2v) is 9.81. The quantitative estimate of drug-likeness (QED) is 0.359. The Morgan fingerprint density at radius 1 is 0.974 bits per heavy atom. The van der Waals surface area contributed by atoms with Crippen LogP contribution in [0.25, 0.3) is 0 Å². The highest BCUT2D eigenvalue weighted by atomic mass is 16.5. The van der Waals surface area contributed by atoms with Gasteiger partial charge in [0.1, 0.15) is 5.75 Å². The second-order valence-electron chi connectivity index (χ2n) is 9.81. The number of rotatable bonds is 11. The molecule has 0 aromatic heterocycles. The molecule has 0 aliphatic heterocycles. The molecule has 2 N–H and O–H groups in total. The topological polar surface area (TPSA) is 76.7 Å². The van der Waals surface area contributed by atoms with Gasteiger partial charge >= 0.3 is 0 Å². The van der Waals surface area contributed by atoms with Crippen molar-refractivity contribution in [3.8, 4) is 5.75 Å². The van der Waals surface area contributed by atoms with Crippen molar-refractivity contribution in [2.75, 3.05) is 27.4 Å². The van der Waals surface area contributed by atoms with Crippen LogP contribution in [0.15, 0.2) is 96.7 Å². The van der Waals surface area contributed by atoms with E-state index in [4.69, 9.17) is 9.47 Å². The van der Waals surface area contributed by atoms with Crippen LogP contribution < -0.4 is 15.4 Å². The lowest BCUT2D eigenvalue weighted by molar-refractivity contribution is -0.117. The fourth-order valence-corrected chi connectivity index (χ4v) is 5.15. The Morgan fingerprint density at radius 3 is 2.37 bits per heavy atom. The number of carbonyl (C=O) groups excluding carboxylic acids is 2. The lowest BCUT2D eigenvalue weighted by Gasteiger charge is -2.39. The fraction of sp³-hybridized carbons (Fsp3) is 0.312. The summed E-state index contributed by atoms with van der Waals surface area (Å²) in [5, 5.41) is 6.59. The Bertz CT molecular complexity index is 1240. The molecule has 2 atom stereocenters. The Kier molecular flexibility index (Phi) is 9.33. The van der Waals surface area contributed by atoms with Gasteiger partial charge in [-0.3, -0.25) is 9.59 Å². The van der Waals surface area contributed by atoms with Gasteiger partial charge in [0.2, 0.25) is 0 Å². The Hall–Kier alpha value is -3.90. The van der Waals surface area contributed by atoms with Crippen LogP contribution in [-0.4, -0.2) is 45.1 Å². The van der Waals surface area contributed by atoms with E-state index >= 15 is 0 Å². The lowest BCUT2D eigenvalue weighted by Crippen LogP contribution is -2.44. The third kappa shape index (κ3) is 6.69. The molecule has 3 aromatic carbocycles. The normalized spacial score (nSPS) is 19.1. The number of amides is 1. The molecule has 6 nitrogen and oxygen atoms in total. The van der Waals surface area contributed by atoms with Gasteiger partial charge in [0, 0.05) is 37.3 Å². The first-order valence-electron chi connectivity index (χ1n) is 13.0. The molecule has 1 saturated carbocycles. The number of para-hydroxylation sites is 1. The first-order chi connectivity index (χ1) is 18.5. The van der Waals surface area contributed by atoms with Crippen LogP contribution in [0.5, 0.6) is 5.75 Å².